The Kier molecular flexibility index (Phi) is 7.12. The number of benzene rings is 9. The summed E-state index contributed by atoms with van der Waals surface area (Å²) in [6, 6.07) is 69.7. The van der Waals surface area contributed by atoms with Gasteiger partial charge in [0.2, 0.25) is 0 Å². The Labute approximate surface area is 322 Å². The van der Waals surface area contributed by atoms with E-state index in [1.165, 1.54) is 94.1 Å². The molecule has 0 aromatic heterocycles. The third kappa shape index (κ3) is 4.97. The maximum Gasteiger partial charge on any atom is 0.252 e. The monoisotopic (exact) mass is 700 g/mol. The quantitative estimate of drug-likeness (QED) is 0.169. The molecule has 0 saturated heterocycles. The zero-order valence-electron chi connectivity index (χ0n) is 30.9. The van der Waals surface area contributed by atoms with Crippen LogP contribution in [0, 0.1) is 13.8 Å². The van der Waals surface area contributed by atoms with Gasteiger partial charge in [0.15, 0.2) is 0 Å². The summed E-state index contributed by atoms with van der Waals surface area (Å²) in [6.07, 6.45) is 0. The molecule has 0 N–H and O–H groups in total. The van der Waals surface area contributed by atoms with Crippen LogP contribution >= 0.6 is 0 Å². The van der Waals surface area contributed by atoms with E-state index in [1.807, 2.05) is 0 Å². The molecule has 9 aromatic rings. The molecule has 0 unspecified atom stereocenters. The molecular weight excluding hydrogens is 663 g/mol. The molecule has 2 nitrogen and oxygen atoms in total. The van der Waals surface area contributed by atoms with Crippen molar-refractivity contribution in [2.24, 2.45) is 0 Å². The third-order valence-corrected chi connectivity index (χ3v) is 11.8. The minimum absolute atomic E-state index is 0.0286. The van der Waals surface area contributed by atoms with Crippen molar-refractivity contribution >= 4 is 78.8 Å². The molecule has 0 fully saturated rings. The number of anilines is 6. The Morgan fingerprint density at radius 3 is 1.20 bits per heavy atom. The van der Waals surface area contributed by atoms with Gasteiger partial charge in [0, 0.05) is 34.1 Å². The fraction of sp³-hybridized carbons (Fsp3) is 0.0385. The molecule has 0 atom stereocenters. The number of rotatable bonds is 4. The molecule has 9 aromatic carbocycles. The molecule has 0 radical (unpaired) electrons. The SMILES string of the molecule is Cc1cc(-c2ccccc2)cc(C)c1-c1cc2c3c(c1)N(c1ccccc1)c1cc4ccccc4cc1B3c1cc3ccccc3cc1N2c1ccccc1. The molecule has 0 bridgehead atoms. The fourth-order valence-electron chi connectivity index (χ4n) is 9.44. The van der Waals surface area contributed by atoms with E-state index < -0.39 is 0 Å². The summed E-state index contributed by atoms with van der Waals surface area (Å²) < 4.78 is 0. The Morgan fingerprint density at radius 1 is 0.345 bits per heavy atom. The summed E-state index contributed by atoms with van der Waals surface area (Å²) in [6.45, 7) is 4.57. The first-order chi connectivity index (χ1) is 27.1. The first-order valence-electron chi connectivity index (χ1n) is 19.2. The van der Waals surface area contributed by atoms with Crippen LogP contribution in [-0.2, 0) is 0 Å². The third-order valence-electron chi connectivity index (χ3n) is 11.8. The summed E-state index contributed by atoms with van der Waals surface area (Å²) in [5, 5.41) is 5.00. The zero-order valence-corrected chi connectivity index (χ0v) is 30.9. The molecule has 3 heteroatoms. The molecule has 0 amide bonds. The first kappa shape index (κ1) is 31.7. The van der Waals surface area contributed by atoms with Crippen LogP contribution < -0.4 is 26.2 Å². The van der Waals surface area contributed by atoms with Crippen molar-refractivity contribution in [2.45, 2.75) is 13.8 Å². The van der Waals surface area contributed by atoms with Gasteiger partial charge in [-0.3, -0.25) is 0 Å². The second-order valence-electron chi connectivity index (χ2n) is 15.1. The molecule has 2 aliphatic rings. The van der Waals surface area contributed by atoms with Crippen molar-refractivity contribution in [3.05, 3.63) is 199 Å². The van der Waals surface area contributed by atoms with Gasteiger partial charge in [0.05, 0.1) is 0 Å². The summed E-state index contributed by atoms with van der Waals surface area (Å²) in [5.74, 6) is 0. The van der Waals surface area contributed by atoms with E-state index in [2.05, 4.69) is 212 Å². The van der Waals surface area contributed by atoms with Crippen LogP contribution in [0.1, 0.15) is 11.1 Å². The Morgan fingerprint density at radius 2 is 0.745 bits per heavy atom. The molecule has 2 heterocycles. The van der Waals surface area contributed by atoms with Crippen molar-refractivity contribution in [2.75, 3.05) is 9.80 Å². The predicted octanol–water partition coefficient (Wildman–Crippen LogP) is 12.0. The summed E-state index contributed by atoms with van der Waals surface area (Å²) in [4.78, 5) is 5.05. The molecule has 55 heavy (non-hydrogen) atoms. The molecule has 0 saturated carbocycles. The van der Waals surface area contributed by atoms with Gasteiger partial charge in [-0.25, -0.2) is 0 Å². The van der Waals surface area contributed by atoms with Gasteiger partial charge in [-0.05, 0) is 134 Å². The van der Waals surface area contributed by atoms with Crippen LogP contribution in [0.2, 0.25) is 0 Å². The summed E-state index contributed by atoms with van der Waals surface area (Å²) in [5.41, 5.74) is 18.7. The second kappa shape index (κ2) is 12.4. The highest BCUT2D eigenvalue weighted by molar-refractivity contribution is 7.00. The lowest BCUT2D eigenvalue weighted by molar-refractivity contribution is 1.25. The zero-order chi connectivity index (χ0) is 36.6. The standard InChI is InChI=1S/C52H37BN2/c1-34-26-41(36-16-6-3-7-17-36)27-35(2)51(34)42-32-49-52-50(33-42)55(44-24-10-5-11-25-44)48-31-40-21-15-13-19-38(40)29-46(48)53(52)45-28-37-18-12-14-20-39(37)30-47(45)54(49)43-22-8-4-9-23-43/h3-33H,1-2H3. The van der Waals surface area contributed by atoms with E-state index in [0.29, 0.717) is 0 Å². The number of para-hydroxylation sites is 2. The minimum Gasteiger partial charge on any atom is -0.311 e. The van der Waals surface area contributed by atoms with Gasteiger partial charge >= 0.3 is 0 Å². The largest absolute Gasteiger partial charge is 0.311 e. The van der Waals surface area contributed by atoms with Gasteiger partial charge in [-0.15, -0.1) is 0 Å². The summed E-state index contributed by atoms with van der Waals surface area (Å²) >= 11 is 0. The number of hydrogen-bond donors (Lipinski definition) is 0. The highest BCUT2D eigenvalue weighted by Gasteiger charge is 2.44. The van der Waals surface area contributed by atoms with E-state index in [-0.39, 0.29) is 6.71 Å². The van der Waals surface area contributed by atoms with Crippen molar-refractivity contribution in [3.8, 4) is 22.3 Å². The lowest BCUT2D eigenvalue weighted by atomic mass is 9.33. The number of nitrogens with zero attached hydrogens (tertiary/aromatic N) is 2. The normalized spacial score (nSPS) is 12.8. The highest BCUT2D eigenvalue weighted by atomic mass is 15.2. The van der Waals surface area contributed by atoms with Gasteiger partial charge in [0.25, 0.3) is 6.71 Å². The summed E-state index contributed by atoms with van der Waals surface area (Å²) in [7, 11) is 0. The molecule has 258 valence electrons. The Hall–Kier alpha value is -6.84. The first-order valence-corrected chi connectivity index (χ1v) is 19.2. The molecule has 0 spiro atoms. The number of aryl methyl sites for hydroxylation is 2. The minimum atomic E-state index is 0.0286. The van der Waals surface area contributed by atoms with Crippen LogP contribution in [0.15, 0.2) is 188 Å². The van der Waals surface area contributed by atoms with Gasteiger partial charge < -0.3 is 9.80 Å². The topological polar surface area (TPSA) is 6.48 Å². The molecular formula is C52H37BN2. The van der Waals surface area contributed by atoms with Crippen molar-refractivity contribution in [1.29, 1.82) is 0 Å². The van der Waals surface area contributed by atoms with E-state index in [9.17, 15) is 0 Å². The van der Waals surface area contributed by atoms with E-state index >= 15 is 0 Å². The van der Waals surface area contributed by atoms with Crippen molar-refractivity contribution < 1.29 is 0 Å². The highest BCUT2D eigenvalue weighted by Crippen LogP contribution is 2.48. The van der Waals surface area contributed by atoms with E-state index in [0.717, 1.165) is 11.4 Å². The number of fused-ring (bicyclic) bond motifs is 6. The lowest BCUT2D eigenvalue weighted by Crippen LogP contribution is -2.61. The van der Waals surface area contributed by atoms with E-state index in [4.69, 9.17) is 0 Å². The lowest BCUT2D eigenvalue weighted by Gasteiger charge is -2.44. The van der Waals surface area contributed by atoms with Gasteiger partial charge in [-0.2, -0.15) is 0 Å². The Balaban J connectivity index is 1.27. The average molecular weight is 701 g/mol. The van der Waals surface area contributed by atoms with Crippen LogP contribution in [0.4, 0.5) is 34.1 Å². The molecule has 2 aliphatic heterocycles. The van der Waals surface area contributed by atoms with Crippen LogP contribution in [0.25, 0.3) is 43.8 Å². The second-order valence-corrected chi connectivity index (χ2v) is 15.1. The molecule has 0 aliphatic carbocycles. The van der Waals surface area contributed by atoms with E-state index in [1.54, 1.807) is 0 Å². The number of hydrogen-bond acceptors (Lipinski definition) is 2. The maximum atomic E-state index is 2.53. The van der Waals surface area contributed by atoms with Crippen LogP contribution in [-0.4, -0.2) is 6.71 Å². The van der Waals surface area contributed by atoms with Gasteiger partial charge in [0.1, 0.15) is 0 Å². The van der Waals surface area contributed by atoms with Gasteiger partial charge in [-0.1, -0.05) is 140 Å². The Bertz CT molecular complexity index is 2780. The smallest absolute Gasteiger partial charge is 0.252 e. The fourth-order valence-corrected chi connectivity index (χ4v) is 9.44. The van der Waals surface area contributed by atoms with Crippen LogP contribution in [0.5, 0.6) is 0 Å². The van der Waals surface area contributed by atoms with Crippen molar-refractivity contribution in [1.82, 2.24) is 0 Å². The molecule has 11 rings (SSSR count). The maximum absolute atomic E-state index is 2.53. The van der Waals surface area contributed by atoms with Crippen LogP contribution in [0.3, 0.4) is 0 Å². The van der Waals surface area contributed by atoms with Crippen molar-refractivity contribution in [3.63, 3.8) is 0 Å². The average Bonchev–Trinajstić information content (AvgIpc) is 3.23. The predicted molar refractivity (Wildman–Crippen MR) is 236 cm³/mol.